The van der Waals surface area contributed by atoms with Crippen LogP contribution in [0.5, 0.6) is 0 Å². The topological polar surface area (TPSA) is 69.9 Å². The van der Waals surface area contributed by atoms with E-state index in [0.29, 0.717) is 37.7 Å². The predicted molar refractivity (Wildman–Crippen MR) is 110 cm³/mol. The number of H-pyrrole nitrogens is 1. The summed E-state index contributed by atoms with van der Waals surface area (Å²) in [7, 11) is 0. The van der Waals surface area contributed by atoms with Crippen molar-refractivity contribution >= 4 is 46.6 Å². The first kappa shape index (κ1) is 19.0. The number of nitrogens with one attached hydrogen (secondary N) is 1. The standard InChI is InChI=1S/C19H14Cl2N4O2S/c1-10(26)24-15-6-4-3-5-13(15)16-17(27)22-19(28-2)23-25(16)18(24)12-8-7-11(20)9-14(12)21/h3-9,18H,1-2H3/p+1/t18-/m0/s1. The van der Waals surface area contributed by atoms with Crippen molar-refractivity contribution in [2.24, 2.45) is 0 Å². The fraction of sp³-hybridized carbons (Fsp3) is 0.158. The van der Waals surface area contributed by atoms with Gasteiger partial charge in [-0.2, -0.15) is 0 Å². The number of halogens is 2. The third-order valence-electron chi connectivity index (χ3n) is 4.53. The largest absolute Gasteiger partial charge is 0.325 e. The molecule has 0 radical (unpaired) electrons. The number of hydrogen-bond donors (Lipinski definition) is 1. The molecule has 0 saturated carbocycles. The maximum absolute atomic E-state index is 12.9. The Hall–Kier alpha value is -2.35. The number of anilines is 1. The number of aromatic nitrogens is 3. The summed E-state index contributed by atoms with van der Waals surface area (Å²) in [6.45, 7) is 1.47. The molecule has 1 atom stereocenters. The highest BCUT2D eigenvalue weighted by Crippen LogP contribution is 2.39. The van der Waals surface area contributed by atoms with Gasteiger partial charge < -0.3 is 0 Å². The lowest BCUT2D eigenvalue weighted by atomic mass is 10.0. The summed E-state index contributed by atoms with van der Waals surface area (Å²) in [4.78, 5) is 30.0. The second-order valence-corrected chi connectivity index (χ2v) is 7.84. The highest BCUT2D eigenvalue weighted by Gasteiger charge is 2.45. The van der Waals surface area contributed by atoms with E-state index in [9.17, 15) is 9.59 Å². The molecule has 2 aromatic carbocycles. The SMILES string of the molecule is CSc1n[n+]2c(c(=O)[nH]1)-c1ccccc1N(C(C)=O)[C@@H]2c1ccc(Cl)cc1Cl. The Bertz CT molecular complexity index is 1160. The zero-order valence-corrected chi connectivity index (χ0v) is 17.3. The van der Waals surface area contributed by atoms with E-state index in [1.54, 1.807) is 39.9 Å². The van der Waals surface area contributed by atoms with Gasteiger partial charge >= 0.3 is 11.3 Å². The predicted octanol–water partition coefficient (Wildman–Crippen LogP) is 3.67. The number of benzene rings is 2. The molecule has 28 heavy (non-hydrogen) atoms. The van der Waals surface area contributed by atoms with Crippen LogP contribution in [0.3, 0.4) is 0 Å². The summed E-state index contributed by atoms with van der Waals surface area (Å²) in [5.41, 5.74) is 1.94. The van der Waals surface area contributed by atoms with Crippen molar-refractivity contribution in [2.75, 3.05) is 11.2 Å². The van der Waals surface area contributed by atoms with E-state index in [4.69, 9.17) is 23.2 Å². The minimum Gasteiger partial charge on any atom is -0.291 e. The molecular weight excluding hydrogens is 419 g/mol. The molecule has 1 N–H and O–H groups in total. The second-order valence-electron chi connectivity index (χ2n) is 6.20. The average molecular weight is 434 g/mol. The maximum Gasteiger partial charge on any atom is 0.325 e. The summed E-state index contributed by atoms with van der Waals surface area (Å²) in [5, 5.41) is 5.88. The molecule has 0 saturated heterocycles. The smallest absolute Gasteiger partial charge is 0.291 e. The summed E-state index contributed by atoms with van der Waals surface area (Å²) in [6, 6.07) is 12.3. The Balaban J connectivity index is 2.11. The van der Waals surface area contributed by atoms with Crippen LogP contribution < -0.4 is 15.1 Å². The first-order valence-electron chi connectivity index (χ1n) is 8.36. The Labute approximate surface area is 175 Å². The van der Waals surface area contributed by atoms with Crippen LogP contribution in [0, 0.1) is 0 Å². The van der Waals surface area contributed by atoms with Gasteiger partial charge in [0.1, 0.15) is 0 Å². The number of hydrogen-bond acceptors (Lipinski definition) is 4. The first-order valence-corrected chi connectivity index (χ1v) is 10.3. The van der Waals surface area contributed by atoms with Crippen molar-refractivity contribution in [3.05, 3.63) is 68.4 Å². The maximum atomic E-state index is 12.9. The van der Waals surface area contributed by atoms with Crippen molar-refractivity contribution in [1.82, 2.24) is 10.1 Å². The zero-order chi connectivity index (χ0) is 20.0. The van der Waals surface area contributed by atoms with Gasteiger partial charge in [-0.15, -0.1) is 0 Å². The molecule has 0 aliphatic carbocycles. The van der Waals surface area contributed by atoms with Crippen molar-refractivity contribution in [2.45, 2.75) is 18.2 Å². The van der Waals surface area contributed by atoms with E-state index in [1.807, 2.05) is 18.4 Å². The molecule has 1 aliphatic heterocycles. The highest BCUT2D eigenvalue weighted by atomic mass is 35.5. The molecule has 142 valence electrons. The molecule has 0 fully saturated rings. The molecule has 1 aromatic heterocycles. The zero-order valence-electron chi connectivity index (χ0n) is 14.9. The molecule has 0 spiro atoms. The summed E-state index contributed by atoms with van der Waals surface area (Å²) >= 11 is 13.9. The van der Waals surface area contributed by atoms with Gasteiger partial charge in [0.05, 0.1) is 21.8 Å². The average Bonchev–Trinajstić information content (AvgIpc) is 2.66. The first-order chi connectivity index (χ1) is 13.4. The number of carbonyl (C=O) groups is 1. The summed E-state index contributed by atoms with van der Waals surface area (Å²) in [6.07, 6.45) is 1.09. The summed E-state index contributed by atoms with van der Waals surface area (Å²) in [5.74, 6) is -0.200. The number of rotatable bonds is 2. The lowest BCUT2D eigenvalue weighted by molar-refractivity contribution is -0.763. The number of aromatic amines is 1. The number of para-hydroxylation sites is 1. The van der Waals surface area contributed by atoms with Crippen molar-refractivity contribution < 1.29 is 9.48 Å². The van der Waals surface area contributed by atoms with Gasteiger partial charge in [0.25, 0.3) is 6.17 Å². The van der Waals surface area contributed by atoms with E-state index in [1.165, 1.54) is 18.7 Å². The van der Waals surface area contributed by atoms with E-state index < -0.39 is 6.17 Å². The van der Waals surface area contributed by atoms with Gasteiger partial charge in [-0.3, -0.25) is 14.6 Å². The molecule has 4 rings (SSSR count). The van der Waals surface area contributed by atoms with Gasteiger partial charge in [-0.05, 0) is 41.3 Å². The Morgan fingerprint density at radius 1 is 1.25 bits per heavy atom. The van der Waals surface area contributed by atoms with Gasteiger partial charge in [0.15, 0.2) is 0 Å². The van der Waals surface area contributed by atoms with Gasteiger partial charge in [0, 0.05) is 17.0 Å². The van der Waals surface area contributed by atoms with Crippen LogP contribution in [0.15, 0.2) is 52.4 Å². The monoisotopic (exact) mass is 433 g/mol. The third kappa shape index (κ3) is 2.99. The van der Waals surface area contributed by atoms with E-state index in [2.05, 4.69) is 10.1 Å². The summed E-state index contributed by atoms with van der Waals surface area (Å²) < 4.78 is 1.56. The fourth-order valence-corrected chi connectivity index (χ4v) is 4.27. The Kier molecular flexibility index (Phi) is 4.91. The van der Waals surface area contributed by atoms with Crippen LogP contribution >= 0.6 is 35.0 Å². The van der Waals surface area contributed by atoms with Crippen molar-refractivity contribution in [3.63, 3.8) is 0 Å². The minimum atomic E-state index is -0.722. The van der Waals surface area contributed by atoms with Crippen LogP contribution in [0.4, 0.5) is 5.69 Å². The normalized spacial score (nSPS) is 15.1. The lowest BCUT2D eigenvalue weighted by Gasteiger charge is -2.31. The van der Waals surface area contributed by atoms with Crippen LogP contribution in [0.25, 0.3) is 11.3 Å². The Morgan fingerprint density at radius 3 is 2.68 bits per heavy atom. The number of thioether (sulfide) groups is 1. The Morgan fingerprint density at radius 2 is 2.00 bits per heavy atom. The number of amides is 1. The second kappa shape index (κ2) is 7.24. The van der Waals surface area contributed by atoms with Crippen molar-refractivity contribution in [1.29, 1.82) is 0 Å². The van der Waals surface area contributed by atoms with Gasteiger partial charge in [0.2, 0.25) is 11.1 Å². The van der Waals surface area contributed by atoms with Crippen LogP contribution in [0.2, 0.25) is 10.0 Å². The molecule has 0 bridgehead atoms. The van der Waals surface area contributed by atoms with Gasteiger partial charge in [-0.25, -0.2) is 4.90 Å². The molecular formula is C19H15Cl2N4O2S+. The molecule has 3 aromatic rings. The minimum absolute atomic E-state index is 0.200. The van der Waals surface area contributed by atoms with Crippen molar-refractivity contribution in [3.8, 4) is 11.3 Å². The van der Waals surface area contributed by atoms with Gasteiger partial charge in [-0.1, -0.05) is 47.1 Å². The lowest BCUT2D eigenvalue weighted by Crippen LogP contribution is -2.60. The number of carbonyl (C=O) groups excluding carboxylic acids is 1. The molecule has 2 heterocycles. The molecule has 6 nitrogen and oxygen atoms in total. The fourth-order valence-electron chi connectivity index (χ4n) is 3.40. The number of nitrogens with zero attached hydrogens (tertiary/aromatic N) is 3. The van der Waals surface area contributed by atoms with E-state index >= 15 is 0 Å². The molecule has 0 unspecified atom stereocenters. The molecule has 1 amide bonds. The van der Waals surface area contributed by atoms with E-state index in [0.717, 1.165) is 0 Å². The number of fused-ring (bicyclic) bond motifs is 3. The van der Waals surface area contributed by atoms with Crippen LogP contribution in [-0.2, 0) is 4.79 Å². The quantitative estimate of drug-likeness (QED) is 0.494. The third-order valence-corrected chi connectivity index (χ3v) is 5.66. The van der Waals surface area contributed by atoms with Crippen LogP contribution in [-0.4, -0.2) is 22.2 Å². The highest BCUT2D eigenvalue weighted by molar-refractivity contribution is 7.98. The molecule has 9 heteroatoms. The van der Waals surface area contributed by atoms with Crippen LogP contribution in [0.1, 0.15) is 18.7 Å². The molecule has 1 aliphatic rings. The van der Waals surface area contributed by atoms with E-state index in [-0.39, 0.29) is 11.5 Å².